The zero-order chi connectivity index (χ0) is 17.8. The molecule has 0 bridgehead atoms. The number of para-hydroxylation sites is 2. The lowest BCUT2D eigenvalue weighted by Gasteiger charge is -2.21. The summed E-state index contributed by atoms with van der Waals surface area (Å²) < 4.78 is 2.35. The Morgan fingerprint density at radius 2 is 1.28 bits per heavy atom. The molecule has 0 aromatic heterocycles. The standard InChI is InChI=1S/C23H30N2/c1-5-18-11-9-12-19(6-2)22(18)24-15-16-25(17-24)23-20(7-3)13-10-14-21(23)8-4/h9-14H,5-8,15-16H2,1-4H3. The third kappa shape index (κ3) is 3.35. The van der Waals surface area contributed by atoms with Gasteiger partial charge in [-0.15, -0.1) is 0 Å². The highest BCUT2D eigenvalue weighted by molar-refractivity contribution is 5.82. The summed E-state index contributed by atoms with van der Waals surface area (Å²) in [6.45, 7) is 11.0. The number of aryl methyl sites for hydroxylation is 4. The molecule has 132 valence electrons. The van der Waals surface area contributed by atoms with E-state index in [0.29, 0.717) is 0 Å². The van der Waals surface area contributed by atoms with Crippen molar-refractivity contribution in [2.45, 2.75) is 53.4 Å². The van der Waals surface area contributed by atoms with Crippen LogP contribution in [0.15, 0.2) is 36.4 Å². The minimum absolute atomic E-state index is 1.01. The molecule has 0 spiro atoms. The number of rotatable bonds is 6. The summed E-state index contributed by atoms with van der Waals surface area (Å²) in [5, 5.41) is 0. The zero-order valence-electron chi connectivity index (χ0n) is 16.1. The van der Waals surface area contributed by atoms with Gasteiger partial charge in [-0.1, -0.05) is 86.3 Å². The lowest BCUT2D eigenvalue weighted by atomic mass is 10.0. The van der Waals surface area contributed by atoms with Crippen molar-refractivity contribution in [2.75, 3.05) is 18.0 Å². The van der Waals surface area contributed by atoms with Crippen molar-refractivity contribution in [3.05, 3.63) is 58.7 Å². The molecule has 2 aromatic rings. The molecule has 0 radical (unpaired) electrons. The van der Waals surface area contributed by atoms with E-state index in [1.165, 1.54) is 33.6 Å². The summed E-state index contributed by atoms with van der Waals surface area (Å²) in [6.07, 6.45) is 7.94. The zero-order valence-corrected chi connectivity index (χ0v) is 16.1. The first-order valence-electron chi connectivity index (χ1n) is 9.76. The quantitative estimate of drug-likeness (QED) is 0.532. The molecule has 2 nitrogen and oxygen atoms in total. The average Bonchev–Trinajstić information content (AvgIpc) is 3.15. The predicted molar refractivity (Wildman–Crippen MR) is 108 cm³/mol. The molecule has 0 atom stereocenters. The van der Waals surface area contributed by atoms with Crippen LogP contribution in [0.2, 0.25) is 0 Å². The Balaban J connectivity index is 2.06. The SMILES string of the molecule is CCc1cccc(CC)c1N1[C-]=[N+](c2c(CC)cccc2CC)CC1. The maximum absolute atomic E-state index is 3.69. The highest BCUT2D eigenvalue weighted by Gasteiger charge is 2.21. The molecule has 0 saturated heterocycles. The van der Waals surface area contributed by atoms with Gasteiger partial charge in [-0.05, 0) is 25.7 Å². The lowest BCUT2D eigenvalue weighted by molar-refractivity contribution is -0.425. The second-order valence-corrected chi connectivity index (χ2v) is 6.67. The first kappa shape index (κ1) is 17.7. The Labute approximate surface area is 152 Å². The average molecular weight is 335 g/mol. The molecular formula is C23H30N2. The first-order chi connectivity index (χ1) is 12.2. The van der Waals surface area contributed by atoms with Gasteiger partial charge in [0.15, 0.2) is 0 Å². The van der Waals surface area contributed by atoms with Crippen LogP contribution in [0, 0.1) is 0 Å². The molecule has 3 rings (SSSR count). The molecule has 25 heavy (non-hydrogen) atoms. The van der Waals surface area contributed by atoms with Gasteiger partial charge < -0.3 is 9.48 Å². The van der Waals surface area contributed by atoms with Crippen LogP contribution in [0.5, 0.6) is 0 Å². The Kier molecular flexibility index (Phi) is 5.57. The summed E-state index contributed by atoms with van der Waals surface area (Å²) in [4.78, 5) is 2.35. The Morgan fingerprint density at radius 3 is 1.76 bits per heavy atom. The Hall–Kier alpha value is -2.09. The monoisotopic (exact) mass is 334 g/mol. The van der Waals surface area contributed by atoms with E-state index in [-0.39, 0.29) is 0 Å². The van der Waals surface area contributed by atoms with Gasteiger partial charge in [0.2, 0.25) is 6.34 Å². The number of benzene rings is 2. The van der Waals surface area contributed by atoms with E-state index >= 15 is 0 Å². The maximum Gasteiger partial charge on any atom is 0.206 e. The third-order valence-electron chi connectivity index (χ3n) is 5.26. The number of hydrogen-bond donors (Lipinski definition) is 0. The van der Waals surface area contributed by atoms with Crippen LogP contribution in [0.4, 0.5) is 11.4 Å². The Morgan fingerprint density at radius 1 is 0.800 bits per heavy atom. The maximum atomic E-state index is 3.69. The molecule has 0 N–H and O–H groups in total. The highest BCUT2D eigenvalue weighted by Crippen LogP contribution is 2.31. The van der Waals surface area contributed by atoms with Gasteiger partial charge in [0.05, 0.1) is 0 Å². The molecule has 0 fully saturated rings. The van der Waals surface area contributed by atoms with Gasteiger partial charge in [0.1, 0.15) is 13.1 Å². The molecular weight excluding hydrogens is 304 g/mol. The van der Waals surface area contributed by atoms with Crippen molar-refractivity contribution in [3.8, 4) is 0 Å². The van der Waals surface area contributed by atoms with Crippen molar-refractivity contribution in [2.24, 2.45) is 0 Å². The molecule has 0 unspecified atom stereocenters. The fourth-order valence-corrected chi connectivity index (χ4v) is 3.89. The molecule has 1 aliphatic rings. The second-order valence-electron chi connectivity index (χ2n) is 6.67. The van der Waals surface area contributed by atoms with Gasteiger partial charge >= 0.3 is 0 Å². The molecule has 1 heterocycles. The van der Waals surface area contributed by atoms with Crippen molar-refractivity contribution in [1.29, 1.82) is 0 Å². The van der Waals surface area contributed by atoms with E-state index in [1.54, 1.807) is 0 Å². The van der Waals surface area contributed by atoms with Crippen LogP contribution in [0.25, 0.3) is 0 Å². The van der Waals surface area contributed by atoms with E-state index in [9.17, 15) is 0 Å². The molecule has 0 aliphatic carbocycles. The van der Waals surface area contributed by atoms with Crippen LogP contribution >= 0.6 is 0 Å². The topological polar surface area (TPSA) is 6.25 Å². The summed E-state index contributed by atoms with van der Waals surface area (Å²) in [7, 11) is 0. The smallest absolute Gasteiger partial charge is 0.206 e. The van der Waals surface area contributed by atoms with Crippen LogP contribution in [0.1, 0.15) is 49.9 Å². The third-order valence-corrected chi connectivity index (χ3v) is 5.26. The summed E-state index contributed by atoms with van der Waals surface area (Å²) in [6, 6.07) is 13.4. The minimum Gasteiger partial charge on any atom is -0.333 e. The molecule has 0 saturated carbocycles. The van der Waals surface area contributed by atoms with Crippen LogP contribution in [-0.4, -0.2) is 24.0 Å². The van der Waals surface area contributed by atoms with E-state index in [0.717, 1.165) is 38.8 Å². The van der Waals surface area contributed by atoms with Crippen LogP contribution in [-0.2, 0) is 25.7 Å². The predicted octanol–water partition coefficient (Wildman–Crippen LogP) is 5.01. The molecule has 0 amide bonds. The number of nitrogens with zero attached hydrogens (tertiary/aromatic N) is 2. The van der Waals surface area contributed by atoms with Gasteiger partial charge in [-0.25, -0.2) is 0 Å². The number of hydrogen-bond acceptors (Lipinski definition) is 1. The summed E-state index contributed by atoms with van der Waals surface area (Å²) in [5.41, 5.74) is 8.45. The first-order valence-corrected chi connectivity index (χ1v) is 9.76. The van der Waals surface area contributed by atoms with Gasteiger partial charge in [-0.2, -0.15) is 0 Å². The number of anilines is 1. The minimum atomic E-state index is 1.01. The lowest BCUT2D eigenvalue weighted by Crippen LogP contribution is -2.21. The molecule has 2 aromatic carbocycles. The van der Waals surface area contributed by atoms with Gasteiger partial charge in [-0.3, -0.25) is 0 Å². The second kappa shape index (κ2) is 7.86. The van der Waals surface area contributed by atoms with Crippen molar-refractivity contribution < 1.29 is 4.58 Å². The Bertz CT molecular complexity index is 729. The van der Waals surface area contributed by atoms with Crippen LogP contribution < -0.4 is 4.90 Å². The summed E-state index contributed by atoms with van der Waals surface area (Å²) in [5.74, 6) is 0. The van der Waals surface area contributed by atoms with E-state index in [1.807, 2.05) is 0 Å². The molecule has 2 heteroatoms. The van der Waals surface area contributed by atoms with Crippen molar-refractivity contribution >= 4 is 17.7 Å². The fourth-order valence-electron chi connectivity index (χ4n) is 3.89. The largest absolute Gasteiger partial charge is 0.333 e. The summed E-state index contributed by atoms with van der Waals surface area (Å²) >= 11 is 0. The van der Waals surface area contributed by atoms with E-state index in [2.05, 4.69) is 79.9 Å². The van der Waals surface area contributed by atoms with E-state index < -0.39 is 0 Å². The normalized spacial score (nSPS) is 14.1. The van der Waals surface area contributed by atoms with Crippen molar-refractivity contribution in [3.63, 3.8) is 0 Å². The van der Waals surface area contributed by atoms with Gasteiger partial charge in [0, 0.05) is 11.4 Å². The van der Waals surface area contributed by atoms with Gasteiger partial charge in [0.25, 0.3) is 0 Å². The fraction of sp³-hybridized carbons (Fsp3) is 0.435. The molecule has 1 aliphatic heterocycles. The van der Waals surface area contributed by atoms with E-state index in [4.69, 9.17) is 0 Å². The highest BCUT2D eigenvalue weighted by atomic mass is 15.3. The van der Waals surface area contributed by atoms with Crippen molar-refractivity contribution in [1.82, 2.24) is 0 Å². The van der Waals surface area contributed by atoms with Crippen LogP contribution in [0.3, 0.4) is 0 Å².